The van der Waals surface area contributed by atoms with Crippen LogP contribution in [0.15, 0.2) is 34.8 Å². The minimum Gasteiger partial charge on any atom is -0.466 e. The SMILES string of the molecule is COC(=O)/C=[14CH]/[14CH2]Nc1ccc([N+](=O)[O-])cc1Br. The first kappa shape index (κ1) is 14.2. The van der Waals surface area contributed by atoms with Gasteiger partial charge in [-0.2, -0.15) is 0 Å². The summed E-state index contributed by atoms with van der Waals surface area (Å²) < 4.78 is 5.02. The molecule has 0 amide bonds. The van der Waals surface area contributed by atoms with Crippen LogP contribution >= 0.6 is 15.9 Å². The third kappa shape index (κ3) is 4.17. The standard InChI is InChI=1S/C11H11BrN2O4/c1-18-11(15)3-2-6-13-10-5-4-8(14(16)17)7-9(10)12/h2-5,7,13H,6H2,1H3/b3-2+/i2+2,6+2. The number of hydrogen-bond acceptors (Lipinski definition) is 5. The third-order valence-corrected chi connectivity index (χ3v) is 2.69. The van der Waals surface area contributed by atoms with Crippen molar-refractivity contribution in [3.05, 3.63) is 44.9 Å². The van der Waals surface area contributed by atoms with Crippen LogP contribution in [-0.2, 0) is 9.53 Å². The number of ether oxygens (including phenoxy) is 1. The van der Waals surface area contributed by atoms with Crippen molar-refractivity contribution < 1.29 is 14.5 Å². The highest BCUT2D eigenvalue weighted by molar-refractivity contribution is 9.10. The van der Waals surface area contributed by atoms with Gasteiger partial charge in [0.1, 0.15) is 0 Å². The lowest BCUT2D eigenvalue weighted by Gasteiger charge is -2.05. The van der Waals surface area contributed by atoms with E-state index in [1.54, 1.807) is 12.1 Å². The molecule has 0 heterocycles. The van der Waals surface area contributed by atoms with Crippen molar-refractivity contribution in [3.63, 3.8) is 0 Å². The number of nitrogens with zero attached hydrogens (tertiary/aromatic N) is 1. The normalized spacial score (nSPS) is 10.3. The van der Waals surface area contributed by atoms with Crippen LogP contribution in [0.25, 0.3) is 0 Å². The molecule has 1 aromatic carbocycles. The summed E-state index contributed by atoms with van der Waals surface area (Å²) in [7, 11) is 1.30. The highest BCUT2D eigenvalue weighted by atomic mass is 79.9. The maximum Gasteiger partial charge on any atom is 0.330 e. The Morgan fingerprint density at radius 1 is 1.67 bits per heavy atom. The van der Waals surface area contributed by atoms with Gasteiger partial charge in [-0.3, -0.25) is 10.1 Å². The van der Waals surface area contributed by atoms with E-state index in [0.29, 0.717) is 16.7 Å². The van der Waals surface area contributed by atoms with E-state index in [4.69, 9.17) is 0 Å². The molecule has 0 saturated heterocycles. The Morgan fingerprint density at radius 3 is 2.94 bits per heavy atom. The van der Waals surface area contributed by atoms with Gasteiger partial charge in [0.15, 0.2) is 0 Å². The second kappa shape index (κ2) is 6.75. The van der Waals surface area contributed by atoms with Crippen LogP contribution in [0, 0.1) is 10.1 Å². The summed E-state index contributed by atoms with van der Waals surface area (Å²) >= 11 is 3.23. The first-order valence-electron chi connectivity index (χ1n) is 4.97. The number of rotatable bonds is 5. The molecule has 0 bridgehead atoms. The van der Waals surface area contributed by atoms with Crippen molar-refractivity contribution in [3.8, 4) is 0 Å². The van der Waals surface area contributed by atoms with E-state index in [9.17, 15) is 14.9 Å². The molecular formula is C11H11BrN2O4. The van der Waals surface area contributed by atoms with Gasteiger partial charge in [0.05, 0.1) is 12.0 Å². The highest BCUT2D eigenvalue weighted by Crippen LogP contribution is 2.26. The van der Waals surface area contributed by atoms with Gasteiger partial charge in [-0.05, 0) is 22.0 Å². The summed E-state index contributed by atoms with van der Waals surface area (Å²) in [6.45, 7) is 0.408. The molecule has 0 fully saturated rings. The Kier molecular flexibility index (Phi) is 5.31. The van der Waals surface area contributed by atoms with Crippen molar-refractivity contribution in [2.75, 3.05) is 19.0 Å². The molecule has 1 rings (SSSR count). The lowest BCUT2D eigenvalue weighted by Crippen LogP contribution is -2.01. The van der Waals surface area contributed by atoms with Gasteiger partial charge in [-0.1, -0.05) is 6.08 Å². The molecule has 6 nitrogen and oxygen atoms in total. The highest BCUT2D eigenvalue weighted by Gasteiger charge is 2.08. The molecule has 18 heavy (non-hydrogen) atoms. The van der Waals surface area contributed by atoms with E-state index >= 15 is 0 Å². The fourth-order valence-electron chi connectivity index (χ4n) is 1.15. The second-order valence-corrected chi connectivity index (χ2v) is 4.08. The Labute approximate surface area is 112 Å². The minimum absolute atomic E-state index is 0.0116. The molecule has 0 aliphatic rings. The first-order chi connectivity index (χ1) is 8.54. The Balaban J connectivity index is 2.61. The van der Waals surface area contributed by atoms with Crippen molar-refractivity contribution >= 4 is 33.3 Å². The van der Waals surface area contributed by atoms with E-state index in [1.807, 2.05) is 0 Å². The predicted octanol–water partition coefficient (Wildman–Crippen LogP) is 2.50. The second-order valence-electron chi connectivity index (χ2n) is 3.23. The zero-order chi connectivity index (χ0) is 13.5. The molecular weight excluding hydrogens is 308 g/mol. The summed E-state index contributed by atoms with van der Waals surface area (Å²) in [5.74, 6) is -0.431. The minimum atomic E-state index is -0.467. The summed E-state index contributed by atoms with van der Waals surface area (Å²) in [5.41, 5.74) is 0.715. The first-order valence-corrected chi connectivity index (χ1v) is 5.76. The molecule has 0 aliphatic carbocycles. The molecule has 7 heteroatoms. The number of hydrogen-bond donors (Lipinski definition) is 1. The van der Waals surface area contributed by atoms with Gasteiger partial charge in [0.2, 0.25) is 0 Å². The van der Waals surface area contributed by atoms with E-state index < -0.39 is 10.9 Å². The van der Waals surface area contributed by atoms with Crippen LogP contribution in [-0.4, -0.2) is 24.5 Å². The number of halogens is 1. The number of nitro benzene ring substituents is 1. The van der Waals surface area contributed by atoms with Crippen LogP contribution in [0.2, 0.25) is 0 Å². The maximum absolute atomic E-state index is 10.8. The van der Waals surface area contributed by atoms with Crippen LogP contribution in [0.4, 0.5) is 11.4 Å². The predicted molar refractivity (Wildman–Crippen MR) is 70.4 cm³/mol. The van der Waals surface area contributed by atoms with Gasteiger partial charge in [-0.15, -0.1) is 0 Å². The Bertz CT molecular complexity index is 488. The van der Waals surface area contributed by atoms with E-state index in [1.165, 1.54) is 25.3 Å². The van der Waals surface area contributed by atoms with Crippen molar-refractivity contribution in [1.29, 1.82) is 0 Å². The number of methoxy groups -OCH3 is 1. The van der Waals surface area contributed by atoms with E-state index in [0.717, 1.165) is 0 Å². The molecule has 0 radical (unpaired) electrons. The molecule has 0 aliphatic heterocycles. The number of carbonyl (C=O) groups excluding carboxylic acids is 1. The smallest absolute Gasteiger partial charge is 0.330 e. The lowest BCUT2D eigenvalue weighted by atomic mass is 10.3. The van der Waals surface area contributed by atoms with E-state index in [-0.39, 0.29) is 5.69 Å². The summed E-state index contributed by atoms with van der Waals surface area (Å²) in [4.78, 5) is 20.9. The summed E-state index contributed by atoms with van der Waals surface area (Å²) in [6, 6.07) is 4.40. The third-order valence-electron chi connectivity index (χ3n) is 2.03. The van der Waals surface area contributed by atoms with Crippen molar-refractivity contribution in [2.24, 2.45) is 0 Å². The molecule has 0 aromatic heterocycles. The molecule has 0 spiro atoms. The lowest BCUT2D eigenvalue weighted by molar-refractivity contribution is -0.384. The number of anilines is 1. The van der Waals surface area contributed by atoms with Crippen molar-refractivity contribution in [2.45, 2.75) is 0 Å². The van der Waals surface area contributed by atoms with Gasteiger partial charge >= 0.3 is 5.97 Å². The Hall–Kier alpha value is -1.89. The number of esters is 1. The molecule has 1 aromatic rings. The zero-order valence-electron chi connectivity index (χ0n) is 9.55. The van der Waals surface area contributed by atoms with Crippen LogP contribution in [0.5, 0.6) is 0 Å². The number of nitrogens with one attached hydrogen (secondary N) is 1. The summed E-state index contributed by atoms with van der Waals surface area (Å²) in [6.07, 6.45) is 2.89. The molecule has 96 valence electrons. The monoisotopic (exact) mass is 318 g/mol. The molecule has 0 saturated carbocycles. The Morgan fingerprint density at radius 2 is 2.39 bits per heavy atom. The van der Waals surface area contributed by atoms with Crippen molar-refractivity contribution in [1.82, 2.24) is 0 Å². The number of carbonyl (C=O) groups is 1. The number of benzene rings is 1. The van der Waals surface area contributed by atoms with Gasteiger partial charge in [0, 0.05) is 34.9 Å². The average Bonchev–Trinajstić information content (AvgIpc) is 2.35. The molecule has 0 unspecified atom stereocenters. The summed E-state index contributed by atoms with van der Waals surface area (Å²) in [5, 5.41) is 13.5. The van der Waals surface area contributed by atoms with Gasteiger partial charge in [0.25, 0.3) is 5.69 Å². The topological polar surface area (TPSA) is 81.5 Å². The number of non-ortho nitro benzene ring substituents is 1. The fraction of sp³-hybridized carbons (Fsp3) is 0.182. The quantitative estimate of drug-likeness (QED) is 0.390. The van der Waals surface area contributed by atoms with Gasteiger partial charge < -0.3 is 10.1 Å². The van der Waals surface area contributed by atoms with Crippen LogP contribution in [0.1, 0.15) is 0 Å². The van der Waals surface area contributed by atoms with Crippen LogP contribution in [0.3, 0.4) is 0 Å². The largest absolute Gasteiger partial charge is 0.466 e. The average molecular weight is 319 g/mol. The van der Waals surface area contributed by atoms with Crippen LogP contribution < -0.4 is 5.32 Å². The van der Waals surface area contributed by atoms with Gasteiger partial charge in [-0.25, -0.2) is 4.79 Å². The maximum atomic E-state index is 10.8. The zero-order valence-corrected chi connectivity index (χ0v) is 11.1. The molecule has 0 atom stereocenters. The number of nitro groups is 1. The fourth-order valence-corrected chi connectivity index (χ4v) is 1.66. The molecule has 1 N–H and O–H groups in total. The van der Waals surface area contributed by atoms with E-state index in [2.05, 4.69) is 26.0 Å².